The summed E-state index contributed by atoms with van der Waals surface area (Å²) in [6, 6.07) is 15.3. The van der Waals surface area contributed by atoms with Crippen molar-refractivity contribution in [3.63, 3.8) is 0 Å². The molecule has 2 fully saturated rings. The number of ether oxygens (including phenoxy) is 2. The number of likely N-dealkylation sites (tertiary alicyclic amines) is 2. The van der Waals surface area contributed by atoms with E-state index in [0.717, 1.165) is 76.5 Å². The van der Waals surface area contributed by atoms with Crippen molar-refractivity contribution in [2.24, 2.45) is 5.73 Å². The molecule has 51 heavy (non-hydrogen) atoms. The Hall–Kier alpha value is -5.66. The van der Waals surface area contributed by atoms with E-state index in [1.54, 1.807) is 16.7 Å². The van der Waals surface area contributed by atoms with Crippen molar-refractivity contribution in [2.75, 3.05) is 20.2 Å². The fourth-order valence-corrected chi connectivity index (χ4v) is 7.12. The number of aromatic nitrogens is 4. The minimum Gasteiger partial charge on any atom is -0.453 e. The van der Waals surface area contributed by atoms with E-state index >= 15 is 0 Å². The smallest absolute Gasteiger partial charge is 0.407 e. The number of nitrogens with zero attached hydrogens (tertiary/aromatic N) is 4. The highest BCUT2D eigenvalue weighted by Crippen LogP contribution is 2.36. The second-order valence-electron chi connectivity index (χ2n) is 13.2. The Morgan fingerprint density at radius 1 is 0.765 bits per heavy atom. The molecule has 0 unspecified atom stereocenters. The molecule has 0 radical (unpaired) electrons. The summed E-state index contributed by atoms with van der Waals surface area (Å²) in [5.74, 6) is 0.966. The molecular weight excluding hydrogens is 652 g/mol. The maximum atomic E-state index is 13.1. The molecule has 4 aromatic rings. The summed E-state index contributed by atoms with van der Waals surface area (Å²) >= 11 is 0. The fraction of sp³-hybridized carbons (Fsp3) is 0.405. The zero-order valence-corrected chi connectivity index (χ0v) is 29.5. The Morgan fingerprint density at radius 2 is 1.20 bits per heavy atom. The van der Waals surface area contributed by atoms with Crippen LogP contribution in [0.4, 0.5) is 9.59 Å². The molecule has 4 atom stereocenters. The number of hydrogen-bond acceptors (Lipinski definition) is 8. The van der Waals surface area contributed by atoms with Crippen LogP contribution >= 0.6 is 0 Å². The van der Waals surface area contributed by atoms with Crippen LogP contribution in [0, 0.1) is 13.8 Å². The van der Waals surface area contributed by atoms with Crippen LogP contribution in [0.1, 0.15) is 74.7 Å². The molecule has 2 aromatic carbocycles. The number of hydrogen-bond donors (Lipinski definition) is 4. The number of alkyl carbamates (subject to hydrolysis) is 1. The number of primary amides is 1. The SMILES string of the molecule is COC(=O)N[C@@H](C)C(=O)N1CCC[C@H]1c1nc(-c2ccc(-c3ccc(-c4nc([C@@H]5CCCN5C(=O)[C@H](C)OC(N)=O)[nH]c4C)cc3)cc2)c(C)[nH]1. The first kappa shape index (κ1) is 35.2. The number of rotatable bonds is 9. The van der Waals surface area contributed by atoms with Crippen molar-refractivity contribution in [3.8, 4) is 33.6 Å². The van der Waals surface area contributed by atoms with Crippen LogP contribution in [0.3, 0.4) is 0 Å². The third-order valence-corrected chi connectivity index (χ3v) is 9.69. The van der Waals surface area contributed by atoms with Crippen LogP contribution in [0.5, 0.6) is 0 Å². The number of nitrogens with one attached hydrogen (secondary N) is 3. The summed E-state index contributed by atoms with van der Waals surface area (Å²) in [4.78, 5) is 69.1. The van der Waals surface area contributed by atoms with E-state index in [2.05, 4.69) is 44.3 Å². The molecule has 268 valence electrons. The highest BCUT2D eigenvalue weighted by atomic mass is 16.6. The number of aromatic amines is 2. The number of carbonyl (C=O) groups is 4. The zero-order chi connectivity index (χ0) is 36.4. The summed E-state index contributed by atoms with van der Waals surface area (Å²) in [5.41, 5.74) is 12.6. The predicted molar refractivity (Wildman–Crippen MR) is 189 cm³/mol. The first-order valence-corrected chi connectivity index (χ1v) is 17.2. The van der Waals surface area contributed by atoms with Gasteiger partial charge in [0.2, 0.25) is 5.91 Å². The van der Waals surface area contributed by atoms with Crippen LogP contribution in [0.15, 0.2) is 48.5 Å². The van der Waals surface area contributed by atoms with Crippen molar-refractivity contribution in [1.82, 2.24) is 35.1 Å². The second-order valence-corrected chi connectivity index (χ2v) is 13.2. The van der Waals surface area contributed by atoms with Gasteiger partial charge in [0.25, 0.3) is 5.91 Å². The molecule has 14 heteroatoms. The van der Waals surface area contributed by atoms with Crippen molar-refractivity contribution in [2.45, 2.75) is 77.6 Å². The maximum Gasteiger partial charge on any atom is 0.407 e. The molecule has 0 spiro atoms. The molecule has 2 aromatic heterocycles. The second kappa shape index (κ2) is 14.7. The molecule has 0 aliphatic carbocycles. The van der Waals surface area contributed by atoms with E-state index in [0.29, 0.717) is 18.9 Å². The van der Waals surface area contributed by atoms with Gasteiger partial charge >= 0.3 is 12.2 Å². The highest BCUT2D eigenvalue weighted by molar-refractivity contribution is 5.86. The summed E-state index contributed by atoms with van der Waals surface area (Å²) < 4.78 is 9.58. The molecule has 6 rings (SSSR count). The van der Waals surface area contributed by atoms with Crippen molar-refractivity contribution < 1.29 is 28.7 Å². The van der Waals surface area contributed by atoms with Gasteiger partial charge in [-0.25, -0.2) is 19.6 Å². The summed E-state index contributed by atoms with van der Waals surface area (Å²) in [5, 5.41) is 2.56. The molecule has 2 saturated heterocycles. The minimum atomic E-state index is -0.977. The summed E-state index contributed by atoms with van der Waals surface area (Å²) in [6.07, 6.45) is 0.619. The van der Waals surface area contributed by atoms with Crippen LogP contribution in [-0.4, -0.2) is 86.1 Å². The maximum absolute atomic E-state index is 13.1. The normalized spacial score (nSPS) is 18.4. The molecular formula is C37H44N8O6. The molecule has 0 saturated carbocycles. The van der Waals surface area contributed by atoms with E-state index in [-0.39, 0.29) is 23.9 Å². The molecule has 14 nitrogen and oxygen atoms in total. The Balaban J connectivity index is 1.14. The number of amides is 4. The van der Waals surface area contributed by atoms with E-state index in [1.807, 2.05) is 38.1 Å². The number of nitrogens with two attached hydrogens (primary N) is 1. The third-order valence-electron chi connectivity index (χ3n) is 9.69. The van der Waals surface area contributed by atoms with E-state index in [4.69, 9.17) is 20.4 Å². The van der Waals surface area contributed by atoms with Crippen molar-refractivity contribution in [1.29, 1.82) is 0 Å². The first-order valence-electron chi connectivity index (χ1n) is 17.2. The number of H-pyrrole nitrogens is 2. The molecule has 2 aliphatic rings. The largest absolute Gasteiger partial charge is 0.453 e. The van der Waals surface area contributed by atoms with Gasteiger partial charge < -0.3 is 40.3 Å². The van der Waals surface area contributed by atoms with Crippen LogP contribution < -0.4 is 11.1 Å². The standard InChI is InChI=1S/C37H44N8O6/c1-20-30(42-32(39-20)28-8-6-18-44(28)34(46)22(3)41-37(49)50-5)26-14-10-24(11-15-26)25-12-16-27(17-13-25)31-21(2)40-33(43-31)29-9-7-19-45(29)35(47)23(4)51-36(38)48/h10-17,22-23,28-29H,6-9,18-19H2,1-5H3,(H2,38,48)(H,39,42)(H,40,43)(H,41,49)/t22-,23-,28-,29-/m0/s1. The molecule has 4 amide bonds. The van der Waals surface area contributed by atoms with Gasteiger partial charge in [0.05, 0.1) is 30.6 Å². The van der Waals surface area contributed by atoms with Gasteiger partial charge in [0.15, 0.2) is 6.10 Å². The molecule has 2 aliphatic heterocycles. The van der Waals surface area contributed by atoms with Crippen molar-refractivity contribution >= 4 is 24.0 Å². The Labute approximate surface area is 296 Å². The van der Waals surface area contributed by atoms with Gasteiger partial charge in [-0.3, -0.25) is 9.59 Å². The lowest BCUT2D eigenvalue weighted by Crippen LogP contribution is -2.46. The van der Waals surface area contributed by atoms with Crippen LogP contribution in [0.2, 0.25) is 0 Å². The number of aryl methyl sites for hydroxylation is 2. The number of carbonyl (C=O) groups excluding carboxylic acids is 4. The van der Waals surface area contributed by atoms with Gasteiger partial charge in [-0.15, -0.1) is 0 Å². The number of benzene rings is 2. The predicted octanol–water partition coefficient (Wildman–Crippen LogP) is 5.31. The fourth-order valence-electron chi connectivity index (χ4n) is 7.12. The monoisotopic (exact) mass is 696 g/mol. The van der Waals surface area contributed by atoms with Gasteiger partial charge in [-0.1, -0.05) is 48.5 Å². The van der Waals surface area contributed by atoms with Crippen molar-refractivity contribution in [3.05, 3.63) is 71.6 Å². The first-order chi connectivity index (χ1) is 24.4. The van der Waals surface area contributed by atoms with Crippen LogP contribution in [0.25, 0.3) is 33.6 Å². The molecule has 4 heterocycles. The average molecular weight is 697 g/mol. The summed E-state index contributed by atoms with van der Waals surface area (Å²) in [6.45, 7) is 8.26. The molecule has 0 bridgehead atoms. The minimum absolute atomic E-state index is 0.173. The summed E-state index contributed by atoms with van der Waals surface area (Å²) in [7, 11) is 1.27. The van der Waals surface area contributed by atoms with Gasteiger partial charge in [-0.2, -0.15) is 0 Å². The highest BCUT2D eigenvalue weighted by Gasteiger charge is 2.37. The Bertz CT molecular complexity index is 1920. The zero-order valence-electron chi connectivity index (χ0n) is 29.5. The average Bonchev–Trinajstić information content (AvgIpc) is 3.94. The van der Waals surface area contributed by atoms with E-state index in [1.165, 1.54) is 14.0 Å². The lowest BCUT2D eigenvalue weighted by molar-refractivity contribution is -0.140. The number of imidazole rings is 2. The lowest BCUT2D eigenvalue weighted by atomic mass is 10.0. The van der Waals surface area contributed by atoms with Gasteiger partial charge in [0.1, 0.15) is 17.7 Å². The van der Waals surface area contributed by atoms with Gasteiger partial charge in [-0.05, 0) is 64.5 Å². The van der Waals surface area contributed by atoms with E-state index < -0.39 is 24.3 Å². The Kier molecular flexibility index (Phi) is 10.1. The topological polar surface area (TPSA) is 189 Å². The third kappa shape index (κ3) is 7.30. The van der Waals surface area contributed by atoms with Gasteiger partial charge in [0, 0.05) is 35.6 Å². The quantitative estimate of drug-likeness (QED) is 0.181. The molecule has 5 N–H and O–H groups in total. The lowest BCUT2D eigenvalue weighted by Gasteiger charge is -2.26. The van der Waals surface area contributed by atoms with E-state index in [9.17, 15) is 19.2 Å². The number of methoxy groups -OCH3 is 1. The van der Waals surface area contributed by atoms with Crippen LogP contribution in [-0.2, 0) is 19.1 Å². The Morgan fingerprint density at radius 3 is 1.63 bits per heavy atom.